The fraction of sp³-hybridized carbons (Fsp3) is 0.400. The van der Waals surface area contributed by atoms with E-state index in [4.69, 9.17) is 16.3 Å². The van der Waals surface area contributed by atoms with Gasteiger partial charge in [0.15, 0.2) is 5.69 Å². The summed E-state index contributed by atoms with van der Waals surface area (Å²) in [6.45, 7) is 5.21. The van der Waals surface area contributed by atoms with Crippen molar-refractivity contribution in [2.24, 2.45) is 5.18 Å². The van der Waals surface area contributed by atoms with Gasteiger partial charge in [0.2, 0.25) is 0 Å². The van der Waals surface area contributed by atoms with Crippen molar-refractivity contribution in [3.05, 3.63) is 67.9 Å². The molecule has 2 heterocycles. The topological polar surface area (TPSA) is 84.2 Å². The Morgan fingerprint density at radius 3 is 2.41 bits per heavy atom. The summed E-state index contributed by atoms with van der Waals surface area (Å²) in [5, 5.41) is 3.62. The maximum atomic E-state index is 12.7. The lowest BCUT2D eigenvalue weighted by atomic mass is 10.1. The van der Waals surface area contributed by atoms with Gasteiger partial charge in [-0.25, -0.2) is 4.79 Å². The van der Waals surface area contributed by atoms with Crippen LogP contribution in [-0.2, 0) is 17.8 Å². The second-order valence-corrected chi connectivity index (χ2v) is 7.24. The number of rotatable bonds is 6. The summed E-state index contributed by atoms with van der Waals surface area (Å²) in [5.74, 6) is 0. The molecule has 1 saturated heterocycles. The number of hydrogen-bond acceptors (Lipinski definition) is 6. The Morgan fingerprint density at radius 2 is 1.79 bits per heavy atom. The van der Waals surface area contributed by atoms with E-state index in [-0.39, 0.29) is 11.8 Å². The van der Waals surface area contributed by atoms with Gasteiger partial charge >= 0.3 is 6.09 Å². The number of nitroso groups, excluding NO2 is 1. The van der Waals surface area contributed by atoms with Crippen LogP contribution < -0.4 is 5.56 Å². The Hall–Kier alpha value is -2.71. The molecule has 0 N–H and O–H groups in total. The predicted octanol–water partition coefficient (Wildman–Crippen LogP) is 3.22. The van der Waals surface area contributed by atoms with Crippen LogP contribution in [0.4, 0.5) is 10.5 Å². The number of nitrogens with zero attached hydrogens (tertiary/aromatic N) is 4. The molecule has 0 radical (unpaired) electrons. The van der Waals surface area contributed by atoms with Crippen molar-refractivity contribution in [2.75, 3.05) is 32.8 Å². The standard InChI is InChI=1S/C20H23ClN4O4/c1-2-29-20(27)24-11-9-23(10-12-24)14-16-7-8-25(19(26)18(16)22-28)13-15-3-5-17(21)6-4-15/h3-8H,2,9-14H2,1H3. The smallest absolute Gasteiger partial charge is 0.409 e. The van der Waals surface area contributed by atoms with Gasteiger partial charge in [-0.2, -0.15) is 0 Å². The lowest BCUT2D eigenvalue weighted by Gasteiger charge is -2.34. The third kappa shape index (κ3) is 5.21. The summed E-state index contributed by atoms with van der Waals surface area (Å²) in [7, 11) is 0. The molecule has 2 aromatic rings. The lowest BCUT2D eigenvalue weighted by molar-refractivity contribution is 0.0778. The molecule has 29 heavy (non-hydrogen) atoms. The second-order valence-electron chi connectivity index (χ2n) is 6.80. The minimum Gasteiger partial charge on any atom is -0.450 e. The van der Waals surface area contributed by atoms with Gasteiger partial charge in [-0.1, -0.05) is 23.7 Å². The largest absolute Gasteiger partial charge is 0.450 e. The van der Waals surface area contributed by atoms with Crippen molar-refractivity contribution in [3.8, 4) is 0 Å². The van der Waals surface area contributed by atoms with Crippen molar-refractivity contribution in [3.63, 3.8) is 0 Å². The van der Waals surface area contributed by atoms with Crippen molar-refractivity contribution < 1.29 is 9.53 Å². The molecule has 1 aliphatic heterocycles. The van der Waals surface area contributed by atoms with Gasteiger partial charge in [0.05, 0.1) is 13.2 Å². The van der Waals surface area contributed by atoms with Crippen LogP contribution in [-0.4, -0.2) is 53.2 Å². The Balaban J connectivity index is 1.68. The molecular weight excluding hydrogens is 396 g/mol. The highest BCUT2D eigenvalue weighted by Gasteiger charge is 2.23. The molecule has 1 aromatic carbocycles. The van der Waals surface area contributed by atoms with E-state index >= 15 is 0 Å². The number of carbonyl (C=O) groups is 1. The lowest BCUT2D eigenvalue weighted by Crippen LogP contribution is -2.48. The summed E-state index contributed by atoms with van der Waals surface area (Å²) in [6, 6.07) is 8.93. The predicted molar refractivity (Wildman–Crippen MR) is 111 cm³/mol. The van der Waals surface area contributed by atoms with Crippen LogP contribution in [0.5, 0.6) is 0 Å². The van der Waals surface area contributed by atoms with Crippen LogP contribution in [0.2, 0.25) is 5.02 Å². The van der Waals surface area contributed by atoms with E-state index in [1.54, 1.807) is 36.2 Å². The fourth-order valence-corrected chi connectivity index (χ4v) is 3.41. The molecule has 154 valence electrons. The molecule has 0 atom stereocenters. The van der Waals surface area contributed by atoms with Crippen LogP contribution in [0, 0.1) is 4.91 Å². The zero-order valence-corrected chi connectivity index (χ0v) is 17.0. The summed E-state index contributed by atoms with van der Waals surface area (Å²) in [4.78, 5) is 39.6. The highest BCUT2D eigenvalue weighted by atomic mass is 35.5. The number of piperazine rings is 1. The minimum atomic E-state index is -0.419. The first kappa shape index (κ1) is 21.0. The van der Waals surface area contributed by atoms with Gasteiger partial charge in [-0.05, 0) is 35.9 Å². The van der Waals surface area contributed by atoms with E-state index < -0.39 is 5.56 Å². The molecule has 8 nitrogen and oxygen atoms in total. The van der Waals surface area contributed by atoms with Crippen LogP contribution in [0.1, 0.15) is 18.1 Å². The van der Waals surface area contributed by atoms with E-state index in [9.17, 15) is 14.5 Å². The van der Waals surface area contributed by atoms with Crippen LogP contribution in [0.3, 0.4) is 0 Å². The van der Waals surface area contributed by atoms with Gasteiger partial charge in [-0.3, -0.25) is 9.69 Å². The SMILES string of the molecule is CCOC(=O)N1CCN(Cc2ccn(Cc3ccc(Cl)cc3)c(=O)c2N=O)CC1. The van der Waals surface area contributed by atoms with E-state index in [0.717, 1.165) is 5.56 Å². The second kappa shape index (κ2) is 9.67. The highest BCUT2D eigenvalue weighted by Crippen LogP contribution is 2.18. The molecule has 0 aliphatic carbocycles. The number of ether oxygens (including phenoxy) is 1. The number of aromatic nitrogens is 1. The molecule has 1 aromatic heterocycles. The van der Waals surface area contributed by atoms with E-state index in [1.807, 2.05) is 12.1 Å². The molecule has 1 amide bonds. The third-order valence-electron chi connectivity index (χ3n) is 4.87. The molecule has 1 fully saturated rings. The number of carbonyl (C=O) groups excluding carboxylic acids is 1. The van der Waals surface area contributed by atoms with Crippen LogP contribution in [0.25, 0.3) is 0 Å². The Kier molecular flexibility index (Phi) is 7.00. The van der Waals surface area contributed by atoms with Gasteiger partial charge in [0.1, 0.15) is 0 Å². The van der Waals surface area contributed by atoms with Crippen molar-refractivity contribution in [2.45, 2.75) is 20.0 Å². The summed E-state index contributed by atoms with van der Waals surface area (Å²) >= 11 is 5.89. The first-order chi connectivity index (χ1) is 14.0. The third-order valence-corrected chi connectivity index (χ3v) is 5.12. The summed E-state index contributed by atoms with van der Waals surface area (Å²) < 4.78 is 6.48. The Morgan fingerprint density at radius 1 is 1.10 bits per heavy atom. The fourth-order valence-electron chi connectivity index (χ4n) is 3.28. The van der Waals surface area contributed by atoms with Gasteiger partial charge in [-0.15, -0.1) is 4.91 Å². The van der Waals surface area contributed by atoms with Crippen molar-refractivity contribution in [1.29, 1.82) is 0 Å². The summed E-state index contributed by atoms with van der Waals surface area (Å²) in [6.07, 6.45) is 1.36. The average molecular weight is 419 g/mol. The Labute approximate surface area is 173 Å². The van der Waals surface area contributed by atoms with Crippen molar-refractivity contribution >= 4 is 23.4 Å². The van der Waals surface area contributed by atoms with Gasteiger partial charge < -0.3 is 14.2 Å². The molecule has 3 rings (SSSR count). The van der Waals surface area contributed by atoms with E-state index in [0.29, 0.717) is 56.5 Å². The van der Waals surface area contributed by atoms with E-state index in [2.05, 4.69) is 10.1 Å². The maximum absolute atomic E-state index is 12.7. The number of amides is 1. The maximum Gasteiger partial charge on any atom is 0.409 e. The summed E-state index contributed by atoms with van der Waals surface area (Å²) in [5.41, 5.74) is 0.991. The Bertz CT molecular complexity index is 921. The molecule has 1 aliphatic rings. The van der Waals surface area contributed by atoms with Crippen molar-refractivity contribution in [1.82, 2.24) is 14.4 Å². The highest BCUT2D eigenvalue weighted by molar-refractivity contribution is 6.30. The quantitative estimate of drug-likeness (QED) is 0.672. The molecular formula is C20H23ClN4O4. The van der Waals surface area contributed by atoms with Crippen LogP contribution in [0.15, 0.2) is 46.5 Å². The van der Waals surface area contributed by atoms with E-state index in [1.165, 1.54) is 4.57 Å². The zero-order valence-electron chi connectivity index (χ0n) is 16.2. The zero-order chi connectivity index (χ0) is 20.8. The molecule has 0 spiro atoms. The number of benzene rings is 1. The first-order valence-corrected chi connectivity index (χ1v) is 9.83. The molecule has 9 heteroatoms. The minimum absolute atomic E-state index is 0.0747. The first-order valence-electron chi connectivity index (χ1n) is 9.46. The molecule has 0 unspecified atom stereocenters. The molecule has 0 bridgehead atoms. The van der Waals surface area contributed by atoms with Gasteiger partial charge in [0.25, 0.3) is 5.56 Å². The number of hydrogen-bond donors (Lipinski definition) is 0. The normalized spacial score (nSPS) is 14.6. The number of pyridine rings is 1. The average Bonchev–Trinajstić information content (AvgIpc) is 2.72. The monoisotopic (exact) mass is 418 g/mol. The number of halogens is 1. The molecule has 0 saturated carbocycles. The van der Waals surface area contributed by atoms with Gasteiger partial charge in [0, 0.05) is 49.5 Å². The van der Waals surface area contributed by atoms with Crippen LogP contribution >= 0.6 is 11.6 Å².